The number of sulfonamides is 1. The first-order valence-electron chi connectivity index (χ1n) is 12.8. The Bertz CT molecular complexity index is 1270. The molecule has 0 amide bonds. The number of hydrogen-bond donors (Lipinski definition) is 0. The van der Waals surface area contributed by atoms with Gasteiger partial charge in [-0.1, -0.05) is 43.7 Å². The summed E-state index contributed by atoms with van der Waals surface area (Å²) in [6.45, 7) is 5.76. The molecule has 0 N–H and O–H groups in total. The third-order valence-electron chi connectivity index (χ3n) is 6.71. The van der Waals surface area contributed by atoms with Crippen LogP contribution in [-0.2, 0) is 21.0 Å². The van der Waals surface area contributed by atoms with Crippen LogP contribution in [0.5, 0.6) is 5.19 Å². The summed E-state index contributed by atoms with van der Waals surface area (Å²) in [5.74, 6) is -0.508. The highest BCUT2D eigenvalue weighted by Gasteiger charge is 2.39. The molecule has 0 spiro atoms. The first-order valence-corrected chi connectivity index (χ1v) is 16.5. The number of piperidine rings is 1. The zero-order valence-electron chi connectivity index (χ0n) is 21.6. The number of nitrogens with zero attached hydrogens (tertiary/aromatic N) is 3. The lowest BCUT2D eigenvalue weighted by Gasteiger charge is -2.30. The minimum Gasteiger partial charge on any atom is -0.467 e. The van der Waals surface area contributed by atoms with Crippen molar-refractivity contribution in [1.29, 1.82) is 0 Å². The number of ether oxygens (including phenoxy) is 1. The van der Waals surface area contributed by atoms with E-state index in [-0.39, 0.29) is 19.2 Å². The summed E-state index contributed by atoms with van der Waals surface area (Å²) in [6, 6.07) is 6.04. The van der Waals surface area contributed by atoms with Crippen LogP contribution in [0.3, 0.4) is 0 Å². The zero-order chi connectivity index (χ0) is 27.5. The van der Waals surface area contributed by atoms with Gasteiger partial charge in [-0.15, -0.1) is 0 Å². The second-order valence-corrected chi connectivity index (χ2v) is 14.7. The maximum Gasteiger partial charge on any atom is 0.404 e. The summed E-state index contributed by atoms with van der Waals surface area (Å²) in [5, 5.41) is 0.467. The first-order chi connectivity index (χ1) is 17.9. The van der Waals surface area contributed by atoms with E-state index in [0.29, 0.717) is 36.3 Å². The Kier molecular flexibility index (Phi) is 9.55. The van der Waals surface area contributed by atoms with E-state index in [0.717, 1.165) is 45.9 Å². The van der Waals surface area contributed by atoms with Crippen molar-refractivity contribution in [2.24, 2.45) is 5.92 Å². The number of hydrogen-bond acceptors (Lipinski definition) is 6. The molecule has 1 aromatic carbocycles. The molecule has 2 aromatic rings. The lowest BCUT2D eigenvalue weighted by atomic mass is 10.0. The predicted molar refractivity (Wildman–Crippen MR) is 146 cm³/mol. The van der Waals surface area contributed by atoms with Crippen LogP contribution in [0.25, 0.3) is 15.8 Å². The van der Waals surface area contributed by atoms with Gasteiger partial charge in [0.25, 0.3) is 5.19 Å². The zero-order valence-corrected chi connectivity index (χ0v) is 24.0. The fourth-order valence-corrected chi connectivity index (χ4v) is 8.16. The van der Waals surface area contributed by atoms with Gasteiger partial charge in [0.05, 0.1) is 21.2 Å². The van der Waals surface area contributed by atoms with Crippen LogP contribution in [0.1, 0.15) is 51.5 Å². The average molecular weight is 594 g/mol. The van der Waals surface area contributed by atoms with Crippen molar-refractivity contribution < 1.29 is 30.5 Å². The van der Waals surface area contributed by atoms with Gasteiger partial charge in [0.1, 0.15) is 6.10 Å². The van der Waals surface area contributed by atoms with Crippen molar-refractivity contribution in [3.05, 3.63) is 29.8 Å². The molecule has 1 atom stereocenters. The van der Waals surface area contributed by atoms with Gasteiger partial charge in [0.15, 0.2) is 5.75 Å². The van der Waals surface area contributed by atoms with E-state index < -0.39 is 32.9 Å². The predicted octanol–water partition coefficient (Wildman–Crippen LogP) is 5.22. The largest absolute Gasteiger partial charge is 0.467 e. The fraction of sp³-hybridized carbons (Fsp3) is 0.640. The highest BCUT2D eigenvalue weighted by Crippen LogP contribution is 2.33. The lowest BCUT2D eigenvalue weighted by Crippen LogP contribution is -2.44. The van der Waals surface area contributed by atoms with Crippen molar-refractivity contribution in [2.75, 3.05) is 37.7 Å². The van der Waals surface area contributed by atoms with Crippen molar-refractivity contribution >= 4 is 48.1 Å². The van der Waals surface area contributed by atoms with E-state index in [1.807, 2.05) is 16.4 Å². The van der Waals surface area contributed by atoms with Crippen LogP contribution >= 0.6 is 11.3 Å². The number of aromatic nitrogens is 1. The molecule has 0 radical (unpaired) electrons. The number of thiazole rings is 1. The highest BCUT2D eigenvalue weighted by atomic mass is 32.2. The van der Waals surface area contributed by atoms with Crippen LogP contribution in [0.2, 0.25) is 0 Å². The lowest BCUT2D eigenvalue weighted by molar-refractivity contribution is -0.107. The summed E-state index contributed by atoms with van der Waals surface area (Å²) in [4.78, 5) is 4.53. The maximum atomic E-state index is 12.6. The van der Waals surface area contributed by atoms with Gasteiger partial charge >= 0.3 is 6.18 Å². The molecule has 1 fully saturated rings. The minimum absolute atomic E-state index is 0.00812. The normalized spacial score (nSPS) is 19.7. The van der Waals surface area contributed by atoms with E-state index in [1.54, 1.807) is 0 Å². The van der Waals surface area contributed by atoms with Crippen molar-refractivity contribution in [3.8, 4) is 5.19 Å². The summed E-state index contributed by atoms with van der Waals surface area (Å²) >= 11 is 1.40. The van der Waals surface area contributed by atoms with Crippen molar-refractivity contribution in [3.63, 3.8) is 0 Å². The molecule has 4 rings (SSSR count). The van der Waals surface area contributed by atoms with Crippen LogP contribution in [0.15, 0.2) is 24.3 Å². The molecule has 38 heavy (non-hydrogen) atoms. The Balaban J connectivity index is 1.32. The summed E-state index contributed by atoms with van der Waals surface area (Å²) < 4.78 is 84.2. The van der Waals surface area contributed by atoms with Crippen LogP contribution in [0, 0.1) is 5.92 Å². The summed E-state index contributed by atoms with van der Waals surface area (Å²) in [6.07, 6.45) is 0.570. The molecule has 0 saturated carbocycles. The Hall–Kier alpha value is -1.54. The number of halogens is 3. The van der Waals surface area contributed by atoms with Gasteiger partial charge in [-0.3, -0.25) is 0 Å². The molecule has 2 aliphatic rings. The highest BCUT2D eigenvalue weighted by molar-refractivity contribution is 7.89. The standard InChI is InChI=1S/C25H34F3N3O4S3/c1-18(2)4-3-15-37(32)30-11-7-19(8-12-30)20-5-6-22-23(16-20)36-24(29-22)35-21-9-13-31(14-10-21)38(33,34)17-25(26,27)28/h5-7,16,18,21H,3-4,8-15,17H2,1-2H3. The van der Waals surface area contributed by atoms with E-state index >= 15 is 0 Å². The van der Waals surface area contributed by atoms with Crippen LogP contribution in [-0.4, -0.2) is 76.2 Å². The fourth-order valence-electron chi connectivity index (χ4n) is 4.66. The monoisotopic (exact) mass is 593 g/mol. The van der Waals surface area contributed by atoms with Gasteiger partial charge in [0.2, 0.25) is 10.0 Å². The third-order valence-corrected chi connectivity index (χ3v) is 11.0. The van der Waals surface area contributed by atoms with Crippen molar-refractivity contribution in [2.45, 2.75) is 58.2 Å². The average Bonchev–Trinajstić information content (AvgIpc) is 3.24. The molecule has 3 heterocycles. The second-order valence-electron chi connectivity index (χ2n) is 10.2. The SMILES string of the molecule is CC(C)CCCS(=O)N1CC=C(c2ccc3nc(OC4CCN(S(=O)(=O)CC(F)(F)F)CC4)sc3c2)CC1. The Labute approximate surface area is 228 Å². The third kappa shape index (κ3) is 8.00. The molecule has 1 saturated heterocycles. The molecule has 1 aromatic heterocycles. The molecular weight excluding hydrogens is 559 g/mol. The summed E-state index contributed by atoms with van der Waals surface area (Å²) in [7, 11) is -5.33. The quantitative estimate of drug-likeness (QED) is 0.378. The van der Waals surface area contributed by atoms with Gasteiger partial charge in [-0.05, 0) is 54.9 Å². The molecule has 7 nitrogen and oxygen atoms in total. The number of alkyl halides is 3. The van der Waals surface area contributed by atoms with Gasteiger partial charge in [-0.2, -0.15) is 13.2 Å². The van der Waals surface area contributed by atoms with E-state index in [2.05, 4.69) is 31.0 Å². The first kappa shape index (κ1) is 29.4. The second kappa shape index (κ2) is 12.3. The maximum absolute atomic E-state index is 12.6. The van der Waals surface area contributed by atoms with Gasteiger partial charge in [-0.25, -0.2) is 26.2 Å². The Morgan fingerprint density at radius 2 is 1.95 bits per heavy atom. The molecule has 0 aliphatic carbocycles. The Morgan fingerprint density at radius 1 is 1.21 bits per heavy atom. The Morgan fingerprint density at radius 3 is 2.58 bits per heavy atom. The smallest absolute Gasteiger partial charge is 0.404 e. The van der Waals surface area contributed by atoms with E-state index in [1.165, 1.54) is 16.9 Å². The number of benzene rings is 1. The van der Waals surface area contributed by atoms with Crippen LogP contribution < -0.4 is 4.74 Å². The van der Waals surface area contributed by atoms with E-state index in [9.17, 15) is 25.8 Å². The van der Waals surface area contributed by atoms with E-state index in [4.69, 9.17) is 4.74 Å². The minimum atomic E-state index is -4.76. The van der Waals surface area contributed by atoms with Crippen LogP contribution in [0.4, 0.5) is 13.2 Å². The molecule has 13 heteroatoms. The number of rotatable bonds is 10. The number of fused-ring (bicyclic) bond motifs is 1. The molecule has 212 valence electrons. The summed E-state index contributed by atoms with van der Waals surface area (Å²) in [5.41, 5.74) is 3.11. The topological polar surface area (TPSA) is 79.8 Å². The van der Waals surface area contributed by atoms with Crippen molar-refractivity contribution in [1.82, 2.24) is 13.6 Å². The molecule has 2 aliphatic heterocycles. The van der Waals surface area contributed by atoms with Gasteiger partial charge < -0.3 is 4.74 Å². The molecule has 0 bridgehead atoms. The molecule has 1 unspecified atom stereocenters. The van der Waals surface area contributed by atoms with Gasteiger partial charge in [0, 0.05) is 31.9 Å². The molecular formula is C25H34F3N3O4S3.